The molecule has 36 heavy (non-hydrogen) atoms. The van der Waals surface area contributed by atoms with E-state index in [-0.39, 0.29) is 39.8 Å². The minimum absolute atomic E-state index is 0.0458. The van der Waals surface area contributed by atoms with Crippen molar-refractivity contribution < 1.29 is 31.1 Å². The van der Waals surface area contributed by atoms with Crippen molar-refractivity contribution in [2.75, 3.05) is 19.9 Å². The standard InChI is InChI=1S/C25H24N2O7S2/c1-17(28)34-23-15-20(21-6-4-5-7-24(21)35(3,29)30)10-9-19(23)12-13-27-36(31,32)25-14-18(16-26)8-11-22(25)33-2/h4-11,14-15,27H,12-13H2,1-3H3. The highest BCUT2D eigenvalue weighted by Gasteiger charge is 2.21. The van der Waals surface area contributed by atoms with E-state index in [4.69, 9.17) is 14.7 Å². The topological polar surface area (TPSA) is 140 Å². The van der Waals surface area contributed by atoms with Crippen LogP contribution in [0, 0.1) is 11.3 Å². The van der Waals surface area contributed by atoms with Crippen LogP contribution in [0.15, 0.2) is 70.5 Å². The van der Waals surface area contributed by atoms with E-state index in [9.17, 15) is 21.6 Å². The maximum atomic E-state index is 12.9. The Balaban J connectivity index is 1.89. The molecule has 0 saturated carbocycles. The van der Waals surface area contributed by atoms with Crippen molar-refractivity contribution in [1.82, 2.24) is 4.72 Å². The Kier molecular flexibility index (Phi) is 8.14. The first-order valence-corrected chi connectivity index (χ1v) is 14.0. The summed E-state index contributed by atoms with van der Waals surface area (Å²) >= 11 is 0. The van der Waals surface area contributed by atoms with Crippen LogP contribution in [-0.2, 0) is 31.1 Å². The quantitative estimate of drug-likeness (QED) is 0.330. The van der Waals surface area contributed by atoms with Gasteiger partial charge in [-0.1, -0.05) is 30.3 Å². The SMILES string of the molecule is COc1ccc(C#N)cc1S(=O)(=O)NCCc1ccc(-c2ccccc2S(C)(=O)=O)cc1OC(C)=O. The molecule has 1 N–H and O–H groups in total. The molecule has 0 saturated heterocycles. The molecule has 0 aliphatic heterocycles. The number of hydrogen-bond donors (Lipinski definition) is 1. The van der Waals surface area contributed by atoms with Gasteiger partial charge in [-0.2, -0.15) is 5.26 Å². The second kappa shape index (κ2) is 10.9. The molecule has 0 aromatic heterocycles. The van der Waals surface area contributed by atoms with Gasteiger partial charge >= 0.3 is 5.97 Å². The van der Waals surface area contributed by atoms with E-state index in [1.54, 1.807) is 36.4 Å². The molecule has 0 aliphatic rings. The second-order valence-corrected chi connectivity index (χ2v) is 11.5. The second-order valence-electron chi connectivity index (χ2n) is 7.81. The predicted octanol–water partition coefficient (Wildman–Crippen LogP) is 3.08. The summed E-state index contributed by atoms with van der Waals surface area (Å²) in [6.07, 6.45) is 1.27. The molecule has 0 heterocycles. The minimum Gasteiger partial charge on any atom is -0.495 e. The zero-order valence-corrected chi connectivity index (χ0v) is 21.4. The lowest BCUT2D eigenvalue weighted by Crippen LogP contribution is -2.26. The lowest BCUT2D eigenvalue weighted by atomic mass is 10.0. The van der Waals surface area contributed by atoms with Crippen molar-refractivity contribution in [3.05, 3.63) is 71.8 Å². The number of sulfone groups is 1. The number of nitriles is 1. The van der Waals surface area contributed by atoms with Crippen molar-refractivity contribution in [2.24, 2.45) is 0 Å². The molecule has 9 nitrogen and oxygen atoms in total. The van der Waals surface area contributed by atoms with Crippen LogP contribution in [0.4, 0.5) is 0 Å². The molecule has 0 radical (unpaired) electrons. The molecule has 0 spiro atoms. The van der Waals surface area contributed by atoms with E-state index in [0.29, 0.717) is 16.7 Å². The molecular weight excluding hydrogens is 504 g/mol. The Morgan fingerprint density at radius 3 is 2.33 bits per heavy atom. The van der Waals surface area contributed by atoms with Gasteiger partial charge in [-0.3, -0.25) is 4.79 Å². The summed E-state index contributed by atoms with van der Waals surface area (Å²) in [6.45, 7) is 1.19. The van der Waals surface area contributed by atoms with Crippen molar-refractivity contribution in [1.29, 1.82) is 5.26 Å². The largest absolute Gasteiger partial charge is 0.495 e. The van der Waals surface area contributed by atoms with Crippen LogP contribution in [-0.4, -0.2) is 42.7 Å². The molecule has 188 valence electrons. The van der Waals surface area contributed by atoms with Crippen molar-refractivity contribution >= 4 is 25.8 Å². The first-order valence-electron chi connectivity index (χ1n) is 10.6. The fourth-order valence-corrected chi connectivity index (χ4v) is 5.70. The Morgan fingerprint density at radius 2 is 1.69 bits per heavy atom. The Morgan fingerprint density at radius 1 is 0.972 bits per heavy atom. The van der Waals surface area contributed by atoms with Crippen molar-refractivity contribution in [3.63, 3.8) is 0 Å². The summed E-state index contributed by atoms with van der Waals surface area (Å²) < 4.78 is 63.1. The summed E-state index contributed by atoms with van der Waals surface area (Å²) in [5, 5.41) is 9.10. The lowest BCUT2D eigenvalue weighted by molar-refractivity contribution is -0.131. The molecule has 0 atom stereocenters. The van der Waals surface area contributed by atoms with Gasteiger partial charge in [0.15, 0.2) is 9.84 Å². The molecule has 0 amide bonds. The van der Waals surface area contributed by atoms with Crippen LogP contribution < -0.4 is 14.2 Å². The number of rotatable bonds is 9. The molecule has 0 aliphatic carbocycles. The Hall–Kier alpha value is -3.72. The van der Waals surface area contributed by atoms with Crippen LogP contribution in [0.3, 0.4) is 0 Å². The monoisotopic (exact) mass is 528 g/mol. The van der Waals surface area contributed by atoms with Gasteiger partial charge in [0.2, 0.25) is 10.0 Å². The normalized spacial score (nSPS) is 11.5. The predicted molar refractivity (Wildman–Crippen MR) is 133 cm³/mol. The summed E-state index contributed by atoms with van der Waals surface area (Å²) in [5.74, 6) is -0.300. The van der Waals surface area contributed by atoms with Crippen molar-refractivity contribution in [2.45, 2.75) is 23.1 Å². The first-order chi connectivity index (χ1) is 17.0. The number of hydrogen-bond acceptors (Lipinski definition) is 8. The maximum absolute atomic E-state index is 12.9. The smallest absolute Gasteiger partial charge is 0.308 e. The van der Waals surface area contributed by atoms with E-state index >= 15 is 0 Å². The van der Waals surface area contributed by atoms with Gasteiger partial charge in [-0.25, -0.2) is 21.6 Å². The molecule has 3 aromatic carbocycles. The van der Waals surface area contributed by atoms with E-state index in [1.807, 2.05) is 6.07 Å². The van der Waals surface area contributed by atoms with Gasteiger partial charge < -0.3 is 9.47 Å². The van der Waals surface area contributed by atoms with E-state index in [2.05, 4.69) is 4.72 Å². The first kappa shape index (κ1) is 26.9. The summed E-state index contributed by atoms with van der Waals surface area (Å²) in [4.78, 5) is 11.7. The number of benzene rings is 3. The minimum atomic E-state index is -4.02. The third-order valence-electron chi connectivity index (χ3n) is 5.19. The van der Waals surface area contributed by atoms with Crippen LogP contribution in [0.5, 0.6) is 11.5 Å². The van der Waals surface area contributed by atoms with Crippen LogP contribution in [0.2, 0.25) is 0 Å². The molecule has 0 unspecified atom stereocenters. The average Bonchev–Trinajstić information content (AvgIpc) is 2.83. The summed E-state index contributed by atoms with van der Waals surface area (Å²) in [6, 6.07) is 17.3. The summed E-state index contributed by atoms with van der Waals surface area (Å²) in [7, 11) is -6.20. The zero-order valence-electron chi connectivity index (χ0n) is 19.8. The van der Waals surface area contributed by atoms with Gasteiger partial charge in [0, 0.05) is 25.3 Å². The van der Waals surface area contributed by atoms with Gasteiger partial charge in [0.1, 0.15) is 16.4 Å². The fraction of sp³-hybridized carbons (Fsp3) is 0.200. The van der Waals surface area contributed by atoms with Gasteiger partial charge in [-0.15, -0.1) is 0 Å². The highest BCUT2D eigenvalue weighted by Crippen LogP contribution is 2.32. The molecule has 3 aromatic rings. The highest BCUT2D eigenvalue weighted by molar-refractivity contribution is 7.91. The number of nitrogens with one attached hydrogen (secondary N) is 1. The number of carbonyl (C=O) groups excluding carboxylic acids is 1. The molecule has 11 heteroatoms. The number of nitrogens with zero attached hydrogens (tertiary/aromatic N) is 1. The Bertz CT molecular complexity index is 1560. The fourth-order valence-electron chi connectivity index (χ4n) is 3.56. The molecule has 3 rings (SSSR count). The van der Waals surface area contributed by atoms with E-state index in [0.717, 1.165) is 6.26 Å². The van der Waals surface area contributed by atoms with Gasteiger partial charge in [0.25, 0.3) is 0 Å². The average molecular weight is 529 g/mol. The maximum Gasteiger partial charge on any atom is 0.308 e. The molecular formula is C25H24N2O7S2. The zero-order chi connectivity index (χ0) is 26.5. The van der Waals surface area contributed by atoms with Crippen molar-refractivity contribution in [3.8, 4) is 28.7 Å². The molecule has 0 bridgehead atoms. The van der Waals surface area contributed by atoms with E-state index < -0.39 is 25.8 Å². The molecule has 0 fully saturated rings. The van der Waals surface area contributed by atoms with Gasteiger partial charge in [0.05, 0.1) is 23.6 Å². The number of ether oxygens (including phenoxy) is 2. The highest BCUT2D eigenvalue weighted by atomic mass is 32.2. The van der Waals surface area contributed by atoms with Gasteiger partial charge in [-0.05, 0) is 47.9 Å². The number of carbonyl (C=O) groups is 1. The van der Waals surface area contributed by atoms with E-state index in [1.165, 1.54) is 38.3 Å². The Labute approximate surface area is 210 Å². The van der Waals surface area contributed by atoms with Crippen LogP contribution >= 0.6 is 0 Å². The summed E-state index contributed by atoms with van der Waals surface area (Å²) in [5.41, 5.74) is 1.67. The number of sulfonamides is 1. The number of methoxy groups -OCH3 is 1. The lowest BCUT2D eigenvalue weighted by Gasteiger charge is -2.14. The number of esters is 1. The third kappa shape index (κ3) is 6.28. The van der Waals surface area contributed by atoms with Crippen LogP contribution in [0.25, 0.3) is 11.1 Å². The van der Waals surface area contributed by atoms with Crippen LogP contribution in [0.1, 0.15) is 18.1 Å². The third-order valence-corrected chi connectivity index (χ3v) is 7.82.